The second-order valence-electron chi connectivity index (χ2n) is 8.72. The van der Waals surface area contributed by atoms with Crippen LogP contribution in [0, 0.1) is 17.5 Å². The number of nitrogens with zero attached hydrogens (tertiary/aromatic N) is 2. The standard InChI is InChI=1S/C20H29F3N4O5S/c1-20(2,3)32-19(29)25-14(9-13-10-16(22)17(23)12-15(13)21)11-18(28)27-8-7-26(6-5-24-27)33(4,30)31/h10,12,14,24H,5-9,11H2,1-4H3,(H,25,29)/t14-/m1/s1. The number of halogens is 3. The Bertz CT molecular complexity index is 985. The molecule has 0 bridgehead atoms. The highest BCUT2D eigenvalue weighted by molar-refractivity contribution is 7.88. The van der Waals surface area contributed by atoms with E-state index >= 15 is 0 Å². The number of hydrogen-bond acceptors (Lipinski definition) is 6. The molecule has 1 atom stereocenters. The van der Waals surface area contributed by atoms with E-state index in [9.17, 15) is 31.2 Å². The highest BCUT2D eigenvalue weighted by atomic mass is 32.2. The van der Waals surface area contributed by atoms with Crippen molar-refractivity contribution in [1.82, 2.24) is 20.1 Å². The molecule has 33 heavy (non-hydrogen) atoms. The number of carbonyl (C=O) groups is 2. The number of carbonyl (C=O) groups excluding carboxylic acids is 2. The minimum atomic E-state index is -3.43. The van der Waals surface area contributed by atoms with Gasteiger partial charge in [-0.05, 0) is 38.8 Å². The summed E-state index contributed by atoms with van der Waals surface area (Å²) < 4.78 is 71.0. The molecule has 2 N–H and O–H groups in total. The van der Waals surface area contributed by atoms with Crippen molar-refractivity contribution in [3.05, 3.63) is 35.1 Å². The van der Waals surface area contributed by atoms with Gasteiger partial charge in [0.15, 0.2) is 11.6 Å². The van der Waals surface area contributed by atoms with Gasteiger partial charge in [0.25, 0.3) is 0 Å². The third kappa shape index (κ3) is 8.48. The van der Waals surface area contributed by atoms with Gasteiger partial charge in [-0.3, -0.25) is 9.80 Å². The summed E-state index contributed by atoms with van der Waals surface area (Å²) in [6.45, 7) is 5.37. The predicted molar refractivity (Wildman–Crippen MR) is 114 cm³/mol. The highest BCUT2D eigenvalue weighted by Gasteiger charge is 2.28. The first-order valence-electron chi connectivity index (χ1n) is 10.3. The SMILES string of the molecule is CC(C)(C)OC(=O)N[C@@H](CC(=O)N1CCN(S(C)(=O)=O)CCN1)Cc1cc(F)c(F)cc1F. The molecule has 13 heteroatoms. The second kappa shape index (κ2) is 10.7. The van der Waals surface area contributed by atoms with E-state index in [0.717, 1.165) is 6.26 Å². The van der Waals surface area contributed by atoms with Crippen LogP contribution in [0.1, 0.15) is 32.8 Å². The number of sulfonamides is 1. The van der Waals surface area contributed by atoms with Crippen LogP contribution >= 0.6 is 0 Å². The summed E-state index contributed by atoms with van der Waals surface area (Å²) in [5.74, 6) is -4.14. The molecule has 186 valence electrons. The van der Waals surface area contributed by atoms with Crippen LogP contribution in [0.3, 0.4) is 0 Å². The Labute approximate surface area is 191 Å². The van der Waals surface area contributed by atoms with Gasteiger partial charge in [-0.25, -0.2) is 31.8 Å². The predicted octanol–water partition coefficient (Wildman–Crippen LogP) is 1.54. The molecule has 2 rings (SSSR count). The molecule has 1 saturated heterocycles. The molecule has 0 spiro atoms. The molecule has 1 heterocycles. The Balaban J connectivity index is 2.16. The van der Waals surface area contributed by atoms with Crippen LogP contribution in [-0.4, -0.2) is 73.8 Å². The first-order valence-corrected chi connectivity index (χ1v) is 12.1. The topological polar surface area (TPSA) is 108 Å². The molecule has 0 aliphatic carbocycles. The van der Waals surface area contributed by atoms with E-state index < -0.39 is 51.1 Å². The number of amides is 2. The van der Waals surface area contributed by atoms with Crippen molar-refractivity contribution in [3.8, 4) is 0 Å². The molecule has 1 aliphatic rings. The maximum atomic E-state index is 14.2. The van der Waals surface area contributed by atoms with Gasteiger partial charge in [0.05, 0.1) is 12.8 Å². The van der Waals surface area contributed by atoms with Crippen molar-refractivity contribution in [1.29, 1.82) is 0 Å². The fourth-order valence-corrected chi connectivity index (χ4v) is 4.05. The van der Waals surface area contributed by atoms with Crippen molar-refractivity contribution in [3.63, 3.8) is 0 Å². The van der Waals surface area contributed by atoms with E-state index in [-0.39, 0.29) is 44.6 Å². The molecular formula is C20H29F3N4O5S. The van der Waals surface area contributed by atoms with Gasteiger partial charge in [0.2, 0.25) is 15.9 Å². The Kier molecular flexibility index (Phi) is 8.71. The first-order chi connectivity index (χ1) is 15.2. The van der Waals surface area contributed by atoms with E-state index in [2.05, 4.69) is 10.7 Å². The number of rotatable bonds is 6. The summed E-state index contributed by atoms with van der Waals surface area (Å²) in [6, 6.07) is 0.0584. The Morgan fingerprint density at radius 2 is 1.76 bits per heavy atom. The van der Waals surface area contributed by atoms with Crippen LogP contribution in [0.4, 0.5) is 18.0 Å². The van der Waals surface area contributed by atoms with E-state index in [1.165, 1.54) is 9.31 Å². The monoisotopic (exact) mass is 494 g/mol. The minimum absolute atomic E-state index is 0.0462. The zero-order valence-corrected chi connectivity index (χ0v) is 19.8. The number of alkyl carbamates (subject to hydrolysis) is 1. The lowest BCUT2D eigenvalue weighted by atomic mass is 10.0. The Hall–Kier alpha value is -2.38. The number of hydrogen-bond donors (Lipinski definition) is 2. The zero-order chi connectivity index (χ0) is 25.0. The van der Waals surface area contributed by atoms with Crippen LogP contribution in [0.25, 0.3) is 0 Å². The zero-order valence-electron chi connectivity index (χ0n) is 19.0. The number of nitrogens with one attached hydrogen (secondary N) is 2. The minimum Gasteiger partial charge on any atom is -0.444 e. The Morgan fingerprint density at radius 1 is 1.12 bits per heavy atom. The van der Waals surface area contributed by atoms with Gasteiger partial charge in [-0.1, -0.05) is 0 Å². The smallest absolute Gasteiger partial charge is 0.407 e. The number of hydrazine groups is 1. The molecule has 0 aromatic heterocycles. The fraction of sp³-hybridized carbons (Fsp3) is 0.600. The maximum Gasteiger partial charge on any atom is 0.407 e. The van der Waals surface area contributed by atoms with Crippen LogP contribution in [0.5, 0.6) is 0 Å². The summed E-state index contributed by atoms with van der Waals surface area (Å²) in [6.07, 6.45) is -0.432. The maximum absolute atomic E-state index is 14.2. The van der Waals surface area contributed by atoms with E-state index in [0.29, 0.717) is 12.1 Å². The van der Waals surface area contributed by atoms with E-state index in [1.807, 2.05) is 0 Å². The van der Waals surface area contributed by atoms with Gasteiger partial charge in [0, 0.05) is 38.2 Å². The summed E-state index contributed by atoms with van der Waals surface area (Å²) >= 11 is 0. The quantitative estimate of drug-likeness (QED) is 0.581. The second-order valence-corrected chi connectivity index (χ2v) is 10.7. The number of benzene rings is 1. The fourth-order valence-electron chi connectivity index (χ4n) is 3.21. The summed E-state index contributed by atoms with van der Waals surface area (Å²) in [4.78, 5) is 25.1. The molecule has 0 saturated carbocycles. The molecular weight excluding hydrogens is 465 g/mol. The highest BCUT2D eigenvalue weighted by Crippen LogP contribution is 2.17. The third-order valence-corrected chi connectivity index (χ3v) is 6.01. The lowest BCUT2D eigenvalue weighted by molar-refractivity contribution is -0.134. The summed E-state index contributed by atoms with van der Waals surface area (Å²) in [7, 11) is -3.43. The van der Waals surface area contributed by atoms with Crippen LogP contribution in [0.15, 0.2) is 12.1 Å². The molecule has 1 aromatic rings. The molecule has 1 aliphatic heterocycles. The van der Waals surface area contributed by atoms with Crippen molar-refractivity contribution < 1.29 is 35.9 Å². The van der Waals surface area contributed by atoms with Gasteiger partial charge in [-0.2, -0.15) is 4.31 Å². The van der Waals surface area contributed by atoms with Gasteiger partial charge < -0.3 is 10.1 Å². The van der Waals surface area contributed by atoms with Crippen molar-refractivity contribution in [2.24, 2.45) is 0 Å². The molecule has 2 amide bonds. The van der Waals surface area contributed by atoms with Crippen LogP contribution in [0.2, 0.25) is 0 Å². The third-order valence-electron chi connectivity index (χ3n) is 4.70. The van der Waals surface area contributed by atoms with Crippen molar-refractivity contribution in [2.45, 2.75) is 45.3 Å². The lowest BCUT2D eigenvalue weighted by Gasteiger charge is -2.26. The largest absolute Gasteiger partial charge is 0.444 e. The average molecular weight is 495 g/mol. The molecule has 0 radical (unpaired) electrons. The van der Waals surface area contributed by atoms with E-state index in [4.69, 9.17) is 4.74 Å². The van der Waals surface area contributed by atoms with Gasteiger partial charge in [0.1, 0.15) is 11.4 Å². The molecule has 1 fully saturated rings. The van der Waals surface area contributed by atoms with Gasteiger partial charge >= 0.3 is 6.09 Å². The number of ether oxygens (including phenoxy) is 1. The van der Waals surface area contributed by atoms with Crippen LogP contribution in [-0.2, 0) is 26.0 Å². The molecule has 0 unspecified atom stereocenters. The first kappa shape index (κ1) is 26.9. The van der Waals surface area contributed by atoms with Crippen molar-refractivity contribution >= 4 is 22.0 Å². The van der Waals surface area contributed by atoms with E-state index in [1.54, 1.807) is 20.8 Å². The summed E-state index contributed by atoms with van der Waals surface area (Å²) in [5, 5.41) is 3.70. The van der Waals surface area contributed by atoms with Crippen molar-refractivity contribution in [2.75, 3.05) is 32.4 Å². The molecule has 9 nitrogen and oxygen atoms in total. The lowest BCUT2D eigenvalue weighted by Crippen LogP contribution is -2.48. The van der Waals surface area contributed by atoms with Crippen LogP contribution < -0.4 is 10.7 Å². The normalized spacial score (nSPS) is 16.8. The molecule has 1 aromatic carbocycles. The average Bonchev–Trinajstić information content (AvgIpc) is 2.90. The van der Waals surface area contributed by atoms with Gasteiger partial charge in [-0.15, -0.1) is 0 Å². The Morgan fingerprint density at radius 3 is 2.36 bits per heavy atom. The summed E-state index contributed by atoms with van der Waals surface area (Å²) in [5.41, 5.74) is 1.76.